The van der Waals surface area contributed by atoms with Gasteiger partial charge in [0.15, 0.2) is 0 Å². The van der Waals surface area contributed by atoms with Crippen molar-refractivity contribution in [3.63, 3.8) is 0 Å². The number of hydrogen-bond acceptors (Lipinski definition) is 4. The Labute approximate surface area is 138 Å². The number of amides is 1. The van der Waals surface area contributed by atoms with E-state index in [0.717, 1.165) is 4.90 Å². The van der Waals surface area contributed by atoms with Gasteiger partial charge in [0.25, 0.3) is 0 Å². The molecule has 1 atom stereocenters. The van der Waals surface area contributed by atoms with E-state index in [9.17, 15) is 14.3 Å². The second-order valence-electron chi connectivity index (χ2n) is 4.94. The molecule has 0 bridgehead atoms. The number of aliphatic hydroxyl groups excluding tert-OH is 1. The zero-order chi connectivity index (χ0) is 16.7. The maximum atomic E-state index is 12.8. The fourth-order valence-corrected chi connectivity index (χ4v) is 2.61. The first-order chi connectivity index (χ1) is 11.0. The van der Waals surface area contributed by atoms with Crippen molar-refractivity contribution in [1.29, 1.82) is 0 Å². The van der Waals surface area contributed by atoms with Crippen molar-refractivity contribution in [2.45, 2.75) is 17.9 Å². The Morgan fingerprint density at radius 1 is 1.22 bits per heavy atom. The summed E-state index contributed by atoms with van der Waals surface area (Å²) < 4.78 is 18.3. The van der Waals surface area contributed by atoms with Gasteiger partial charge in [-0.15, -0.1) is 11.8 Å². The molecule has 0 heterocycles. The van der Waals surface area contributed by atoms with Crippen molar-refractivity contribution in [2.24, 2.45) is 0 Å². The number of halogens is 1. The van der Waals surface area contributed by atoms with E-state index in [-0.39, 0.29) is 18.3 Å². The first kappa shape index (κ1) is 17.3. The number of benzene rings is 2. The maximum Gasteiger partial charge on any atom is 0.221 e. The second kappa shape index (κ2) is 8.55. The summed E-state index contributed by atoms with van der Waals surface area (Å²) in [5, 5.41) is 12.6. The normalized spacial score (nSPS) is 11.8. The van der Waals surface area contributed by atoms with Crippen molar-refractivity contribution in [3.8, 4) is 5.75 Å². The first-order valence-electron chi connectivity index (χ1n) is 7.10. The lowest BCUT2D eigenvalue weighted by Gasteiger charge is -2.12. The van der Waals surface area contributed by atoms with Gasteiger partial charge in [0.05, 0.1) is 6.10 Å². The van der Waals surface area contributed by atoms with Crippen LogP contribution in [0, 0.1) is 5.82 Å². The molecule has 0 aliphatic carbocycles. The molecular formula is C17H18FNO3S. The van der Waals surface area contributed by atoms with Gasteiger partial charge in [-0.2, -0.15) is 0 Å². The molecule has 1 unspecified atom stereocenters. The third-order valence-corrected chi connectivity index (χ3v) is 4.03. The number of hydrogen-bond donors (Lipinski definition) is 2. The molecule has 6 heteroatoms. The van der Waals surface area contributed by atoms with Gasteiger partial charge in [0.1, 0.15) is 18.2 Å². The number of thioether (sulfide) groups is 1. The van der Waals surface area contributed by atoms with Crippen LogP contribution in [0.1, 0.15) is 6.92 Å². The van der Waals surface area contributed by atoms with Gasteiger partial charge in [0.2, 0.25) is 5.91 Å². The molecule has 0 aliphatic heterocycles. The largest absolute Gasteiger partial charge is 0.491 e. The highest BCUT2D eigenvalue weighted by Gasteiger charge is 2.07. The third-order valence-electron chi connectivity index (χ3n) is 2.87. The summed E-state index contributed by atoms with van der Waals surface area (Å²) in [7, 11) is 0. The van der Waals surface area contributed by atoms with E-state index >= 15 is 0 Å². The Hall–Kier alpha value is -2.05. The summed E-state index contributed by atoms with van der Waals surface area (Å²) in [6.45, 7) is 1.60. The molecule has 0 saturated carbocycles. The molecular weight excluding hydrogens is 317 g/mol. The minimum Gasteiger partial charge on any atom is -0.491 e. The van der Waals surface area contributed by atoms with E-state index in [1.54, 1.807) is 36.4 Å². The van der Waals surface area contributed by atoms with Crippen LogP contribution in [-0.2, 0) is 4.79 Å². The predicted octanol–water partition coefficient (Wildman–Crippen LogP) is 3.32. The molecule has 0 aliphatic rings. The Bertz CT molecular complexity index is 631. The molecule has 0 radical (unpaired) electrons. The van der Waals surface area contributed by atoms with Gasteiger partial charge in [0, 0.05) is 23.3 Å². The highest BCUT2D eigenvalue weighted by Crippen LogP contribution is 2.20. The summed E-state index contributed by atoms with van der Waals surface area (Å²) >= 11 is 1.44. The van der Waals surface area contributed by atoms with Crippen molar-refractivity contribution >= 4 is 23.4 Å². The fourth-order valence-electron chi connectivity index (χ4n) is 1.80. The van der Waals surface area contributed by atoms with Crippen molar-refractivity contribution in [1.82, 2.24) is 0 Å². The number of carbonyl (C=O) groups is 1. The van der Waals surface area contributed by atoms with Crippen LogP contribution in [0.5, 0.6) is 5.75 Å². The van der Waals surface area contributed by atoms with Crippen LogP contribution in [0.4, 0.5) is 10.1 Å². The van der Waals surface area contributed by atoms with Gasteiger partial charge in [-0.1, -0.05) is 0 Å². The average molecular weight is 335 g/mol. The van der Waals surface area contributed by atoms with Crippen LogP contribution >= 0.6 is 11.8 Å². The topological polar surface area (TPSA) is 58.6 Å². The van der Waals surface area contributed by atoms with Crippen LogP contribution in [0.15, 0.2) is 53.4 Å². The van der Waals surface area contributed by atoms with Crippen LogP contribution < -0.4 is 10.1 Å². The van der Waals surface area contributed by atoms with Crippen LogP contribution in [0.2, 0.25) is 0 Å². The SMILES string of the molecule is CC(=O)Nc1ccc(OCC(O)CSc2ccc(F)cc2)cc1. The highest BCUT2D eigenvalue weighted by atomic mass is 32.2. The molecule has 2 rings (SSSR count). The molecule has 0 aromatic heterocycles. The van der Waals surface area contributed by atoms with E-state index in [1.807, 2.05) is 0 Å². The number of carbonyl (C=O) groups excluding carboxylic acids is 1. The quantitative estimate of drug-likeness (QED) is 0.762. The Balaban J connectivity index is 1.74. The summed E-state index contributed by atoms with van der Waals surface area (Å²) in [5.74, 6) is 0.660. The number of nitrogens with one attached hydrogen (secondary N) is 1. The summed E-state index contributed by atoms with van der Waals surface area (Å²) in [6, 6.07) is 13.1. The molecule has 0 spiro atoms. The first-order valence-corrected chi connectivity index (χ1v) is 8.08. The minimum atomic E-state index is -0.639. The van der Waals surface area contributed by atoms with Gasteiger partial charge in [-0.3, -0.25) is 4.79 Å². The smallest absolute Gasteiger partial charge is 0.221 e. The standard InChI is InChI=1S/C17H18FNO3S/c1-12(20)19-14-4-6-16(7-5-14)22-10-15(21)11-23-17-8-2-13(18)3-9-17/h2-9,15,21H,10-11H2,1H3,(H,19,20). The van der Waals surface area contributed by atoms with Crippen molar-refractivity contribution in [2.75, 3.05) is 17.7 Å². The van der Waals surface area contributed by atoms with Crippen molar-refractivity contribution < 1.29 is 19.0 Å². The molecule has 122 valence electrons. The van der Waals surface area contributed by atoms with E-state index < -0.39 is 6.10 Å². The van der Waals surface area contributed by atoms with Gasteiger partial charge in [-0.05, 0) is 48.5 Å². The van der Waals surface area contributed by atoms with Gasteiger partial charge < -0.3 is 15.2 Å². The summed E-state index contributed by atoms with van der Waals surface area (Å²) in [4.78, 5) is 11.8. The van der Waals surface area contributed by atoms with E-state index in [4.69, 9.17) is 4.74 Å². The Morgan fingerprint density at radius 2 is 1.87 bits per heavy atom. The number of aliphatic hydroxyl groups is 1. The van der Waals surface area contributed by atoms with Crippen LogP contribution in [0.25, 0.3) is 0 Å². The zero-order valence-corrected chi connectivity index (χ0v) is 13.5. The third kappa shape index (κ3) is 6.30. The Morgan fingerprint density at radius 3 is 2.48 bits per heavy atom. The lowest BCUT2D eigenvalue weighted by atomic mass is 10.3. The molecule has 4 nitrogen and oxygen atoms in total. The average Bonchev–Trinajstić information content (AvgIpc) is 2.53. The zero-order valence-electron chi connectivity index (χ0n) is 12.7. The number of rotatable bonds is 7. The monoisotopic (exact) mass is 335 g/mol. The highest BCUT2D eigenvalue weighted by molar-refractivity contribution is 7.99. The summed E-state index contributed by atoms with van der Waals surface area (Å²) in [6.07, 6.45) is -0.639. The van der Waals surface area contributed by atoms with Crippen LogP contribution in [0.3, 0.4) is 0 Å². The lowest BCUT2D eigenvalue weighted by Crippen LogP contribution is -2.20. The molecule has 0 saturated heterocycles. The van der Waals surface area contributed by atoms with E-state index in [0.29, 0.717) is 17.2 Å². The van der Waals surface area contributed by atoms with Gasteiger partial charge in [-0.25, -0.2) is 4.39 Å². The number of ether oxygens (including phenoxy) is 1. The van der Waals surface area contributed by atoms with Crippen molar-refractivity contribution in [3.05, 3.63) is 54.3 Å². The second-order valence-corrected chi connectivity index (χ2v) is 6.03. The van der Waals surface area contributed by atoms with Crippen LogP contribution in [-0.4, -0.2) is 29.5 Å². The molecule has 2 N–H and O–H groups in total. The van der Waals surface area contributed by atoms with Gasteiger partial charge >= 0.3 is 0 Å². The van der Waals surface area contributed by atoms with E-state index in [1.165, 1.54) is 30.8 Å². The molecule has 2 aromatic rings. The fraction of sp³-hybridized carbons (Fsp3) is 0.235. The molecule has 2 aromatic carbocycles. The minimum absolute atomic E-state index is 0.132. The predicted molar refractivity (Wildman–Crippen MR) is 89.4 cm³/mol. The molecule has 0 fully saturated rings. The number of anilines is 1. The maximum absolute atomic E-state index is 12.8. The molecule has 1 amide bonds. The molecule has 23 heavy (non-hydrogen) atoms. The summed E-state index contributed by atoms with van der Waals surface area (Å²) in [5.41, 5.74) is 0.692. The Kier molecular flexibility index (Phi) is 6.43. The van der Waals surface area contributed by atoms with E-state index in [2.05, 4.69) is 5.32 Å². The lowest BCUT2D eigenvalue weighted by molar-refractivity contribution is -0.114.